The lowest BCUT2D eigenvalue weighted by atomic mass is 9.71. The van der Waals surface area contributed by atoms with E-state index in [4.69, 9.17) is 9.47 Å². The third-order valence-electron chi connectivity index (χ3n) is 8.83. The van der Waals surface area contributed by atoms with Crippen molar-refractivity contribution >= 4 is 0 Å². The average molecular weight is 533 g/mol. The van der Waals surface area contributed by atoms with Crippen molar-refractivity contribution in [3.8, 4) is 34.5 Å². The molecular formula is C33H40O6. The summed E-state index contributed by atoms with van der Waals surface area (Å²) < 4.78 is 11.9. The molecule has 2 aliphatic carbocycles. The Balaban J connectivity index is 1.86. The van der Waals surface area contributed by atoms with Gasteiger partial charge >= 0.3 is 0 Å². The van der Waals surface area contributed by atoms with Crippen LogP contribution in [-0.4, -0.2) is 34.6 Å². The second-order valence-electron chi connectivity index (χ2n) is 11.1. The highest BCUT2D eigenvalue weighted by atomic mass is 16.5. The predicted octanol–water partition coefficient (Wildman–Crippen LogP) is 7.80. The Morgan fingerprint density at radius 3 is 1.41 bits per heavy atom. The Morgan fingerprint density at radius 2 is 1.00 bits per heavy atom. The summed E-state index contributed by atoms with van der Waals surface area (Å²) in [6, 6.07) is 11.9. The molecular weight excluding hydrogens is 492 g/mol. The smallest absolute Gasteiger partial charge is 0.157 e. The van der Waals surface area contributed by atoms with Crippen LogP contribution in [0.15, 0.2) is 42.5 Å². The molecule has 3 aromatic rings. The lowest BCUT2D eigenvalue weighted by molar-refractivity contribution is 0.380. The van der Waals surface area contributed by atoms with E-state index in [9.17, 15) is 20.4 Å². The highest BCUT2D eigenvalue weighted by Gasteiger charge is 2.36. The van der Waals surface area contributed by atoms with Crippen LogP contribution < -0.4 is 9.47 Å². The van der Waals surface area contributed by atoms with E-state index in [2.05, 4.69) is 0 Å². The topological polar surface area (TPSA) is 99.4 Å². The molecule has 6 nitrogen and oxygen atoms in total. The summed E-state index contributed by atoms with van der Waals surface area (Å²) in [6.07, 6.45) is 10.6. The number of hydrogen-bond acceptors (Lipinski definition) is 6. The SMILES string of the molecule is COc1ccc(O)c(C2CCCCC2)c1C(c1ccc(O)c(O)c1)c1c(OC)ccc(O)c1C1CCCCC1. The Hall–Kier alpha value is -3.54. The Labute approximate surface area is 230 Å². The quantitative estimate of drug-likeness (QED) is 0.183. The van der Waals surface area contributed by atoms with Gasteiger partial charge in [-0.3, -0.25) is 0 Å². The minimum Gasteiger partial charge on any atom is -0.508 e. The Bertz CT molecular complexity index is 1230. The number of rotatable bonds is 7. The standard InChI is InChI=1S/C33H40O6/c1-38-27-17-15-24(35)29(20-9-5-3-6-10-20)32(27)31(22-13-14-23(34)26(37)19-22)33-28(39-2)18-16-25(36)30(33)21-11-7-4-8-12-21/h13-21,31,34-37H,3-12H2,1-2H3. The number of aromatic hydroxyl groups is 4. The Morgan fingerprint density at radius 1 is 0.564 bits per heavy atom. The van der Waals surface area contributed by atoms with Crippen LogP contribution in [0.1, 0.15) is 110 Å². The van der Waals surface area contributed by atoms with Crippen LogP contribution in [0.2, 0.25) is 0 Å². The lowest BCUT2D eigenvalue weighted by Crippen LogP contribution is -2.17. The molecule has 0 amide bonds. The molecule has 0 bridgehead atoms. The maximum Gasteiger partial charge on any atom is 0.157 e. The summed E-state index contributed by atoms with van der Waals surface area (Å²) in [7, 11) is 3.27. The van der Waals surface area contributed by atoms with Gasteiger partial charge in [-0.05, 0) is 79.5 Å². The van der Waals surface area contributed by atoms with E-state index in [1.165, 1.54) is 18.9 Å². The molecule has 0 aromatic heterocycles. The maximum atomic E-state index is 11.4. The first-order valence-electron chi connectivity index (χ1n) is 14.3. The van der Waals surface area contributed by atoms with Crippen LogP contribution >= 0.6 is 0 Å². The summed E-state index contributed by atoms with van der Waals surface area (Å²) in [4.78, 5) is 0. The lowest BCUT2D eigenvalue weighted by Gasteiger charge is -2.34. The first kappa shape index (κ1) is 27.0. The number of ether oxygens (including phenoxy) is 2. The molecule has 208 valence electrons. The van der Waals surface area contributed by atoms with E-state index < -0.39 is 5.92 Å². The van der Waals surface area contributed by atoms with Crippen molar-refractivity contribution in [3.05, 3.63) is 70.3 Å². The zero-order valence-corrected chi connectivity index (χ0v) is 22.9. The fraction of sp³-hybridized carbons (Fsp3) is 0.455. The van der Waals surface area contributed by atoms with Gasteiger partial charge in [-0.25, -0.2) is 0 Å². The van der Waals surface area contributed by atoms with Crippen LogP contribution in [0.5, 0.6) is 34.5 Å². The van der Waals surface area contributed by atoms with Gasteiger partial charge < -0.3 is 29.9 Å². The van der Waals surface area contributed by atoms with Gasteiger partial charge in [0.05, 0.1) is 14.2 Å². The number of benzene rings is 3. The van der Waals surface area contributed by atoms with E-state index >= 15 is 0 Å². The minimum absolute atomic E-state index is 0.151. The monoisotopic (exact) mass is 532 g/mol. The van der Waals surface area contributed by atoms with E-state index in [1.54, 1.807) is 50.6 Å². The molecule has 0 saturated heterocycles. The molecule has 2 fully saturated rings. The molecule has 5 rings (SSSR count). The molecule has 0 spiro atoms. The molecule has 6 heteroatoms. The van der Waals surface area contributed by atoms with Gasteiger partial charge in [0.25, 0.3) is 0 Å². The van der Waals surface area contributed by atoms with Crippen molar-refractivity contribution in [1.82, 2.24) is 0 Å². The second-order valence-corrected chi connectivity index (χ2v) is 11.1. The summed E-state index contributed by atoms with van der Waals surface area (Å²) in [5, 5.41) is 43.6. The number of methoxy groups -OCH3 is 2. The molecule has 0 heterocycles. The molecule has 0 atom stereocenters. The van der Waals surface area contributed by atoms with Crippen LogP contribution in [-0.2, 0) is 0 Å². The van der Waals surface area contributed by atoms with Gasteiger partial charge in [0.15, 0.2) is 11.5 Å². The zero-order valence-electron chi connectivity index (χ0n) is 22.9. The summed E-state index contributed by atoms with van der Waals surface area (Å²) in [5.74, 6) is 1.05. The van der Waals surface area contributed by atoms with E-state index in [1.807, 2.05) is 0 Å². The van der Waals surface area contributed by atoms with Gasteiger partial charge in [0, 0.05) is 28.2 Å². The fourth-order valence-electron chi connectivity index (χ4n) is 7.00. The minimum atomic E-state index is -0.533. The number of phenols is 4. The van der Waals surface area contributed by atoms with Crippen molar-refractivity contribution < 1.29 is 29.9 Å². The van der Waals surface area contributed by atoms with Crippen molar-refractivity contribution in [2.24, 2.45) is 0 Å². The summed E-state index contributed by atoms with van der Waals surface area (Å²) >= 11 is 0. The molecule has 2 aliphatic rings. The highest BCUT2D eigenvalue weighted by molar-refractivity contribution is 5.65. The second kappa shape index (κ2) is 11.7. The van der Waals surface area contributed by atoms with Gasteiger partial charge in [0.2, 0.25) is 0 Å². The Kier molecular flexibility index (Phi) is 8.10. The van der Waals surface area contributed by atoms with Crippen molar-refractivity contribution in [1.29, 1.82) is 0 Å². The molecule has 0 aliphatic heterocycles. The fourth-order valence-corrected chi connectivity index (χ4v) is 7.00. The molecule has 4 N–H and O–H groups in total. The first-order valence-corrected chi connectivity index (χ1v) is 14.3. The molecule has 3 aromatic carbocycles. The highest BCUT2D eigenvalue weighted by Crippen LogP contribution is 2.54. The first-order chi connectivity index (χ1) is 18.9. The summed E-state index contributed by atoms with van der Waals surface area (Å²) in [6.45, 7) is 0. The van der Waals surface area contributed by atoms with E-state index in [0.29, 0.717) is 17.1 Å². The van der Waals surface area contributed by atoms with Crippen molar-refractivity contribution in [2.45, 2.75) is 82.0 Å². The van der Waals surface area contributed by atoms with Crippen LogP contribution in [0.25, 0.3) is 0 Å². The van der Waals surface area contributed by atoms with Crippen LogP contribution in [0.3, 0.4) is 0 Å². The summed E-state index contributed by atoms with van der Waals surface area (Å²) in [5.41, 5.74) is 4.05. The van der Waals surface area contributed by atoms with Gasteiger partial charge in [-0.2, -0.15) is 0 Å². The van der Waals surface area contributed by atoms with Gasteiger partial charge in [0.1, 0.15) is 23.0 Å². The molecule has 0 unspecified atom stereocenters. The van der Waals surface area contributed by atoms with Crippen LogP contribution in [0.4, 0.5) is 0 Å². The largest absolute Gasteiger partial charge is 0.508 e. The molecule has 39 heavy (non-hydrogen) atoms. The third-order valence-corrected chi connectivity index (χ3v) is 8.83. The maximum absolute atomic E-state index is 11.4. The van der Waals surface area contributed by atoms with Gasteiger partial charge in [-0.15, -0.1) is 0 Å². The molecule has 0 radical (unpaired) electrons. The van der Waals surface area contributed by atoms with Crippen LogP contribution in [0, 0.1) is 0 Å². The van der Waals surface area contributed by atoms with E-state index in [0.717, 1.165) is 73.6 Å². The zero-order chi connectivity index (χ0) is 27.5. The third kappa shape index (κ3) is 5.21. The average Bonchev–Trinajstić information content (AvgIpc) is 2.96. The van der Waals surface area contributed by atoms with Gasteiger partial charge in [-0.1, -0.05) is 44.6 Å². The number of phenolic OH excluding ortho intramolecular Hbond substituents is 4. The normalized spacial score (nSPS) is 16.9. The van der Waals surface area contributed by atoms with Crippen molar-refractivity contribution in [3.63, 3.8) is 0 Å². The molecule has 2 saturated carbocycles. The van der Waals surface area contributed by atoms with E-state index in [-0.39, 0.29) is 34.8 Å². The number of hydrogen-bond donors (Lipinski definition) is 4. The van der Waals surface area contributed by atoms with Crippen molar-refractivity contribution in [2.75, 3.05) is 14.2 Å². The predicted molar refractivity (Wildman–Crippen MR) is 152 cm³/mol.